The topological polar surface area (TPSA) is 53.8 Å². The molecule has 1 rings (SSSR count). The molecule has 70 valence electrons. The van der Waals surface area contributed by atoms with Gasteiger partial charge in [0.2, 0.25) is 0 Å². The smallest absolute Gasteiger partial charge is 0.123 e. The first-order valence-corrected chi connectivity index (χ1v) is 4.31. The minimum atomic E-state index is 0.211. The lowest BCUT2D eigenvalue weighted by molar-refractivity contribution is 0.167. The molecule has 0 aromatic carbocycles. The predicted octanol–water partition coefficient (Wildman–Crippen LogP) is -0.224. The first kappa shape index (κ1) is 9.48. The third-order valence-corrected chi connectivity index (χ3v) is 1.75. The summed E-state index contributed by atoms with van der Waals surface area (Å²) in [6, 6.07) is 0.274. The van der Waals surface area contributed by atoms with Crippen LogP contribution in [-0.4, -0.2) is 43.3 Å². The highest BCUT2D eigenvalue weighted by molar-refractivity contribution is 5.84. The molecule has 1 aliphatic rings. The SMILES string of the molecule is CC(CCO)NC1=NCCOC1. The highest BCUT2D eigenvalue weighted by Gasteiger charge is 2.07. The van der Waals surface area contributed by atoms with Crippen LogP contribution in [0.25, 0.3) is 0 Å². The molecular formula is C8H16N2O2. The molecule has 0 fully saturated rings. The van der Waals surface area contributed by atoms with Crippen molar-refractivity contribution in [3.63, 3.8) is 0 Å². The molecule has 0 aromatic heterocycles. The van der Waals surface area contributed by atoms with E-state index in [1.807, 2.05) is 6.92 Å². The molecule has 0 radical (unpaired) electrons. The van der Waals surface area contributed by atoms with Crippen LogP contribution in [0.2, 0.25) is 0 Å². The summed E-state index contributed by atoms with van der Waals surface area (Å²) in [5.41, 5.74) is 0. The number of nitrogens with one attached hydrogen (secondary N) is 1. The van der Waals surface area contributed by atoms with Gasteiger partial charge in [0.1, 0.15) is 12.4 Å². The predicted molar refractivity (Wildman–Crippen MR) is 47.4 cm³/mol. The van der Waals surface area contributed by atoms with Crippen LogP contribution in [0.1, 0.15) is 13.3 Å². The molecule has 0 aliphatic carbocycles. The van der Waals surface area contributed by atoms with Gasteiger partial charge in [0.05, 0.1) is 13.2 Å². The molecule has 1 atom stereocenters. The third kappa shape index (κ3) is 3.19. The van der Waals surface area contributed by atoms with Crippen LogP contribution in [0, 0.1) is 0 Å². The van der Waals surface area contributed by atoms with E-state index in [0.29, 0.717) is 6.61 Å². The second-order valence-electron chi connectivity index (χ2n) is 2.94. The summed E-state index contributed by atoms with van der Waals surface area (Å²) in [7, 11) is 0. The van der Waals surface area contributed by atoms with Crippen molar-refractivity contribution in [1.29, 1.82) is 0 Å². The number of nitrogens with zero attached hydrogens (tertiary/aromatic N) is 1. The zero-order valence-corrected chi connectivity index (χ0v) is 7.42. The summed E-state index contributed by atoms with van der Waals surface area (Å²) >= 11 is 0. The number of aliphatic hydroxyl groups excluding tert-OH is 1. The number of aliphatic hydroxyl groups is 1. The molecule has 0 saturated heterocycles. The van der Waals surface area contributed by atoms with Crippen LogP contribution in [0.5, 0.6) is 0 Å². The lowest BCUT2D eigenvalue weighted by Gasteiger charge is -2.18. The maximum Gasteiger partial charge on any atom is 0.123 e. The number of amidine groups is 1. The van der Waals surface area contributed by atoms with Crippen molar-refractivity contribution in [3.8, 4) is 0 Å². The van der Waals surface area contributed by atoms with Crippen molar-refractivity contribution < 1.29 is 9.84 Å². The number of hydrogen-bond acceptors (Lipinski definition) is 4. The molecule has 0 saturated carbocycles. The fourth-order valence-corrected chi connectivity index (χ4v) is 1.10. The van der Waals surface area contributed by atoms with Crippen LogP contribution < -0.4 is 5.32 Å². The maximum atomic E-state index is 8.66. The Balaban J connectivity index is 2.24. The van der Waals surface area contributed by atoms with Crippen LogP contribution in [0.15, 0.2) is 4.99 Å². The Morgan fingerprint density at radius 3 is 3.17 bits per heavy atom. The van der Waals surface area contributed by atoms with Crippen molar-refractivity contribution in [3.05, 3.63) is 0 Å². The van der Waals surface area contributed by atoms with Crippen molar-refractivity contribution in [2.24, 2.45) is 4.99 Å². The second-order valence-corrected chi connectivity index (χ2v) is 2.94. The summed E-state index contributed by atoms with van der Waals surface area (Å²) < 4.78 is 5.21. The van der Waals surface area contributed by atoms with E-state index in [2.05, 4.69) is 10.3 Å². The third-order valence-electron chi connectivity index (χ3n) is 1.75. The molecular weight excluding hydrogens is 156 g/mol. The van der Waals surface area contributed by atoms with Gasteiger partial charge in [0.15, 0.2) is 0 Å². The van der Waals surface area contributed by atoms with E-state index in [0.717, 1.165) is 25.4 Å². The number of rotatable bonds is 3. The van der Waals surface area contributed by atoms with Gasteiger partial charge < -0.3 is 15.2 Å². The van der Waals surface area contributed by atoms with E-state index in [-0.39, 0.29) is 12.6 Å². The Morgan fingerprint density at radius 1 is 1.75 bits per heavy atom. The highest BCUT2D eigenvalue weighted by Crippen LogP contribution is 1.93. The van der Waals surface area contributed by atoms with Gasteiger partial charge in [-0.15, -0.1) is 0 Å². The van der Waals surface area contributed by atoms with Gasteiger partial charge in [-0.2, -0.15) is 0 Å². The van der Waals surface area contributed by atoms with Gasteiger partial charge >= 0.3 is 0 Å². The summed E-state index contributed by atoms with van der Waals surface area (Å²) in [4.78, 5) is 4.25. The summed E-state index contributed by atoms with van der Waals surface area (Å²) in [5.74, 6) is 0.905. The zero-order valence-electron chi connectivity index (χ0n) is 7.42. The van der Waals surface area contributed by atoms with Gasteiger partial charge in [-0.3, -0.25) is 4.99 Å². The largest absolute Gasteiger partial charge is 0.396 e. The summed E-state index contributed by atoms with van der Waals surface area (Å²) in [5, 5.41) is 11.8. The van der Waals surface area contributed by atoms with Crippen molar-refractivity contribution in [2.75, 3.05) is 26.4 Å². The normalized spacial score (nSPS) is 20.0. The molecule has 0 bridgehead atoms. The van der Waals surface area contributed by atoms with Crippen LogP contribution >= 0.6 is 0 Å². The van der Waals surface area contributed by atoms with Crippen molar-refractivity contribution in [1.82, 2.24) is 5.32 Å². The second kappa shape index (κ2) is 5.11. The molecule has 2 N–H and O–H groups in total. The molecule has 1 unspecified atom stereocenters. The van der Waals surface area contributed by atoms with Crippen LogP contribution in [-0.2, 0) is 4.74 Å². The number of hydrogen-bond donors (Lipinski definition) is 2. The van der Waals surface area contributed by atoms with E-state index in [1.165, 1.54) is 0 Å². The summed E-state index contributed by atoms with van der Waals surface area (Å²) in [6.07, 6.45) is 0.749. The number of ether oxygens (including phenoxy) is 1. The zero-order chi connectivity index (χ0) is 8.81. The molecule has 0 spiro atoms. The number of aliphatic imine (C=N–C) groups is 1. The van der Waals surface area contributed by atoms with Gasteiger partial charge in [-0.05, 0) is 13.3 Å². The van der Waals surface area contributed by atoms with Crippen LogP contribution in [0.3, 0.4) is 0 Å². The fourth-order valence-electron chi connectivity index (χ4n) is 1.10. The molecule has 0 amide bonds. The van der Waals surface area contributed by atoms with E-state index in [9.17, 15) is 0 Å². The van der Waals surface area contributed by atoms with E-state index in [1.54, 1.807) is 0 Å². The van der Waals surface area contributed by atoms with Crippen molar-refractivity contribution >= 4 is 5.84 Å². The van der Waals surface area contributed by atoms with Crippen molar-refractivity contribution in [2.45, 2.75) is 19.4 Å². The van der Waals surface area contributed by atoms with E-state index in [4.69, 9.17) is 9.84 Å². The Labute approximate surface area is 72.6 Å². The average Bonchev–Trinajstić information content (AvgIpc) is 2.06. The maximum absolute atomic E-state index is 8.66. The minimum Gasteiger partial charge on any atom is -0.396 e. The van der Waals surface area contributed by atoms with Gasteiger partial charge in [-0.25, -0.2) is 0 Å². The lowest BCUT2D eigenvalue weighted by Crippen LogP contribution is -2.38. The van der Waals surface area contributed by atoms with E-state index < -0.39 is 0 Å². The quantitative estimate of drug-likeness (QED) is 0.618. The Kier molecular flexibility index (Phi) is 4.04. The Hall–Kier alpha value is -0.610. The Bertz CT molecular complexity index is 159. The first-order valence-electron chi connectivity index (χ1n) is 4.31. The highest BCUT2D eigenvalue weighted by atomic mass is 16.5. The summed E-state index contributed by atoms with van der Waals surface area (Å²) in [6.45, 7) is 4.28. The minimum absolute atomic E-state index is 0.211. The first-order chi connectivity index (χ1) is 5.83. The van der Waals surface area contributed by atoms with Gasteiger partial charge in [0, 0.05) is 12.6 Å². The fraction of sp³-hybridized carbons (Fsp3) is 0.875. The molecule has 1 aliphatic heterocycles. The molecule has 4 nitrogen and oxygen atoms in total. The van der Waals surface area contributed by atoms with E-state index >= 15 is 0 Å². The lowest BCUT2D eigenvalue weighted by atomic mass is 10.2. The molecule has 0 aromatic rings. The molecule has 4 heteroatoms. The van der Waals surface area contributed by atoms with Gasteiger partial charge in [0.25, 0.3) is 0 Å². The monoisotopic (exact) mass is 172 g/mol. The van der Waals surface area contributed by atoms with Gasteiger partial charge in [-0.1, -0.05) is 0 Å². The average molecular weight is 172 g/mol. The molecule has 12 heavy (non-hydrogen) atoms. The molecule has 1 heterocycles. The van der Waals surface area contributed by atoms with Crippen LogP contribution in [0.4, 0.5) is 0 Å². The standard InChI is InChI=1S/C8H16N2O2/c1-7(2-4-11)10-8-6-12-5-3-9-8/h7,11H,2-6H2,1H3,(H,9,10). The Morgan fingerprint density at radius 2 is 2.58 bits per heavy atom.